The van der Waals surface area contributed by atoms with Crippen LogP contribution in [0.4, 0.5) is 5.69 Å². The molecule has 1 fully saturated rings. The molecule has 1 saturated heterocycles. The molecule has 21 heavy (non-hydrogen) atoms. The van der Waals surface area contributed by atoms with Crippen LogP contribution in [0.25, 0.3) is 0 Å². The summed E-state index contributed by atoms with van der Waals surface area (Å²) in [6.07, 6.45) is 2.09. The maximum atomic E-state index is 12.5. The predicted molar refractivity (Wildman–Crippen MR) is 81.6 cm³/mol. The molecule has 2 rings (SSSR count). The number of rotatable bonds is 5. The fourth-order valence-electron chi connectivity index (χ4n) is 2.41. The number of nitrogens with one attached hydrogen (secondary N) is 2. The molecule has 0 radical (unpaired) electrons. The molecule has 1 aromatic carbocycles. The lowest BCUT2D eigenvalue weighted by atomic mass is 10.2. The molecule has 6 nitrogen and oxygen atoms in total. The molecule has 1 aliphatic heterocycles. The van der Waals surface area contributed by atoms with E-state index in [-0.39, 0.29) is 16.8 Å². The van der Waals surface area contributed by atoms with E-state index >= 15 is 0 Å². The van der Waals surface area contributed by atoms with Gasteiger partial charge in [0.05, 0.1) is 4.90 Å². The molecule has 1 aromatic rings. The van der Waals surface area contributed by atoms with E-state index in [2.05, 4.69) is 10.6 Å². The van der Waals surface area contributed by atoms with Crippen LogP contribution in [0.5, 0.6) is 0 Å². The average Bonchev–Trinajstić information content (AvgIpc) is 2.91. The number of carbonyl (C=O) groups is 1. The maximum absolute atomic E-state index is 12.5. The van der Waals surface area contributed by atoms with Crippen molar-refractivity contribution >= 4 is 21.6 Å². The molecule has 0 spiro atoms. The molecule has 1 heterocycles. The highest BCUT2D eigenvalue weighted by Gasteiger charge is 2.25. The Morgan fingerprint density at radius 3 is 2.57 bits per heavy atom. The van der Waals surface area contributed by atoms with Crippen molar-refractivity contribution in [2.75, 3.05) is 25.5 Å². The first-order valence-electron chi connectivity index (χ1n) is 6.97. The molecule has 1 amide bonds. The van der Waals surface area contributed by atoms with Crippen LogP contribution in [0.3, 0.4) is 0 Å². The summed E-state index contributed by atoms with van der Waals surface area (Å²) >= 11 is 0. The number of carbonyl (C=O) groups excluding carboxylic acids is 1. The van der Waals surface area contributed by atoms with Gasteiger partial charge in [0.2, 0.25) is 15.9 Å². The van der Waals surface area contributed by atoms with Gasteiger partial charge >= 0.3 is 0 Å². The minimum atomic E-state index is -3.49. The molecule has 1 aliphatic rings. The average molecular weight is 311 g/mol. The Hall–Kier alpha value is -1.44. The van der Waals surface area contributed by atoms with Crippen LogP contribution in [0.1, 0.15) is 19.8 Å². The number of likely N-dealkylation sites (N-methyl/N-ethyl adjacent to an activating group) is 1. The lowest BCUT2D eigenvalue weighted by Gasteiger charge is -2.21. The second-order valence-electron chi connectivity index (χ2n) is 5.28. The first-order valence-corrected chi connectivity index (χ1v) is 8.41. The number of sulfonamides is 1. The van der Waals surface area contributed by atoms with Crippen molar-refractivity contribution in [3.8, 4) is 0 Å². The van der Waals surface area contributed by atoms with E-state index in [1.807, 2.05) is 0 Å². The third-order valence-corrected chi connectivity index (χ3v) is 5.36. The first-order chi connectivity index (χ1) is 9.89. The van der Waals surface area contributed by atoms with Crippen LogP contribution in [-0.4, -0.2) is 44.8 Å². The van der Waals surface area contributed by atoms with Gasteiger partial charge in [0.25, 0.3) is 0 Å². The van der Waals surface area contributed by atoms with Crippen molar-refractivity contribution in [1.29, 1.82) is 0 Å². The molecular formula is C14H21N3O3S. The van der Waals surface area contributed by atoms with Crippen molar-refractivity contribution in [3.63, 3.8) is 0 Å². The maximum Gasteiger partial charge on any atom is 0.242 e. The van der Waals surface area contributed by atoms with Gasteiger partial charge < -0.3 is 10.6 Å². The summed E-state index contributed by atoms with van der Waals surface area (Å²) in [7, 11) is -1.90. The fourth-order valence-corrected chi connectivity index (χ4v) is 3.63. The predicted octanol–water partition coefficient (Wildman–Crippen LogP) is 1.02. The minimum Gasteiger partial charge on any atom is -0.326 e. The summed E-state index contributed by atoms with van der Waals surface area (Å²) in [5, 5.41) is 5.90. The number of nitrogens with zero attached hydrogens (tertiary/aromatic N) is 1. The molecule has 2 N–H and O–H groups in total. The highest BCUT2D eigenvalue weighted by molar-refractivity contribution is 7.89. The Morgan fingerprint density at radius 1 is 1.38 bits per heavy atom. The second-order valence-corrected chi connectivity index (χ2v) is 7.33. The summed E-state index contributed by atoms with van der Waals surface area (Å²) in [5.41, 5.74) is 0.585. The molecule has 1 unspecified atom stereocenters. The fraction of sp³-hybridized carbons (Fsp3) is 0.500. The van der Waals surface area contributed by atoms with Crippen LogP contribution in [0, 0.1) is 0 Å². The number of hydrogen-bond acceptors (Lipinski definition) is 4. The van der Waals surface area contributed by atoms with E-state index in [4.69, 9.17) is 0 Å². The molecule has 0 bridgehead atoms. The lowest BCUT2D eigenvalue weighted by molar-refractivity contribution is -0.114. The smallest absolute Gasteiger partial charge is 0.242 e. The zero-order valence-corrected chi connectivity index (χ0v) is 13.1. The molecule has 7 heteroatoms. The summed E-state index contributed by atoms with van der Waals surface area (Å²) < 4.78 is 26.3. The highest BCUT2D eigenvalue weighted by atomic mass is 32.2. The topological polar surface area (TPSA) is 78.5 Å². The first kappa shape index (κ1) is 15.9. The SMILES string of the molecule is CC(=O)Nc1ccc(S(=O)(=O)N(C)CC2CCCN2)cc1. The van der Waals surface area contributed by atoms with Gasteiger partial charge in [0.15, 0.2) is 0 Å². The van der Waals surface area contributed by atoms with E-state index < -0.39 is 10.0 Å². The van der Waals surface area contributed by atoms with Crippen molar-refractivity contribution < 1.29 is 13.2 Å². The standard InChI is InChI=1S/C14H21N3O3S/c1-11(18)16-12-5-7-14(8-6-12)21(19,20)17(2)10-13-4-3-9-15-13/h5-8,13,15H,3-4,9-10H2,1-2H3,(H,16,18). The number of anilines is 1. The van der Waals surface area contributed by atoms with E-state index in [1.165, 1.54) is 23.4 Å². The van der Waals surface area contributed by atoms with Crippen molar-refractivity contribution in [1.82, 2.24) is 9.62 Å². The van der Waals surface area contributed by atoms with E-state index in [0.717, 1.165) is 19.4 Å². The van der Waals surface area contributed by atoms with Gasteiger partial charge in [-0.2, -0.15) is 4.31 Å². The molecule has 1 atom stereocenters. The molecule has 0 aromatic heterocycles. The Morgan fingerprint density at radius 2 is 2.05 bits per heavy atom. The lowest BCUT2D eigenvalue weighted by Crippen LogP contribution is -2.38. The van der Waals surface area contributed by atoms with Gasteiger partial charge in [0.1, 0.15) is 0 Å². The molecular weight excluding hydrogens is 290 g/mol. The van der Waals surface area contributed by atoms with Crippen molar-refractivity contribution in [2.45, 2.75) is 30.7 Å². The zero-order valence-electron chi connectivity index (χ0n) is 12.3. The van der Waals surface area contributed by atoms with Gasteiger partial charge in [-0.3, -0.25) is 4.79 Å². The van der Waals surface area contributed by atoms with Crippen molar-refractivity contribution in [2.24, 2.45) is 0 Å². The Balaban J connectivity index is 2.08. The molecule has 0 aliphatic carbocycles. The normalized spacial score (nSPS) is 18.9. The summed E-state index contributed by atoms with van der Waals surface area (Å²) in [6, 6.07) is 6.44. The molecule has 0 saturated carbocycles. The third kappa shape index (κ3) is 4.03. The molecule has 116 valence electrons. The van der Waals surface area contributed by atoms with Crippen LogP contribution in [0.15, 0.2) is 29.2 Å². The van der Waals surface area contributed by atoms with Gasteiger partial charge in [-0.25, -0.2) is 8.42 Å². The van der Waals surface area contributed by atoms with Crippen LogP contribution < -0.4 is 10.6 Å². The van der Waals surface area contributed by atoms with E-state index in [9.17, 15) is 13.2 Å². The van der Waals surface area contributed by atoms with Gasteiger partial charge in [-0.05, 0) is 43.7 Å². The minimum absolute atomic E-state index is 0.185. The Bertz CT molecular complexity index is 592. The summed E-state index contributed by atoms with van der Waals surface area (Å²) in [6.45, 7) is 2.83. The summed E-state index contributed by atoms with van der Waals surface area (Å²) in [4.78, 5) is 11.2. The quantitative estimate of drug-likeness (QED) is 0.851. The number of benzene rings is 1. The van der Waals surface area contributed by atoms with Crippen LogP contribution in [-0.2, 0) is 14.8 Å². The van der Waals surface area contributed by atoms with Gasteiger partial charge in [-0.1, -0.05) is 0 Å². The number of hydrogen-bond donors (Lipinski definition) is 2. The van der Waals surface area contributed by atoms with Gasteiger partial charge in [0, 0.05) is 32.2 Å². The van der Waals surface area contributed by atoms with E-state index in [1.54, 1.807) is 19.2 Å². The third-order valence-electron chi connectivity index (χ3n) is 3.52. The number of amides is 1. The van der Waals surface area contributed by atoms with Gasteiger partial charge in [-0.15, -0.1) is 0 Å². The van der Waals surface area contributed by atoms with Crippen LogP contribution >= 0.6 is 0 Å². The highest BCUT2D eigenvalue weighted by Crippen LogP contribution is 2.18. The second kappa shape index (κ2) is 6.55. The monoisotopic (exact) mass is 311 g/mol. The van der Waals surface area contributed by atoms with E-state index in [0.29, 0.717) is 12.2 Å². The zero-order chi connectivity index (χ0) is 15.5. The van der Waals surface area contributed by atoms with Crippen LogP contribution in [0.2, 0.25) is 0 Å². The Labute approximate surface area is 125 Å². The summed E-state index contributed by atoms with van der Waals surface area (Å²) in [5.74, 6) is -0.185. The van der Waals surface area contributed by atoms with Crippen molar-refractivity contribution in [3.05, 3.63) is 24.3 Å². The Kier molecular flexibility index (Phi) is 4.97. The largest absolute Gasteiger partial charge is 0.326 e.